The minimum Gasteiger partial charge on any atom is -0.403 e. The van der Waals surface area contributed by atoms with Crippen molar-refractivity contribution in [3.63, 3.8) is 0 Å². The molecule has 1 aromatic heterocycles. The third-order valence-corrected chi connectivity index (χ3v) is 6.61. The Balaban J connectivity index is 1.54. The average molecular weight is 369 g/mol. The van der Waals surface area contributed by atoms with Gasteiger partial charge in [0, 0.05) is 5.82 Å². The molecule has 134 valence electrons. The zero-order chi connectivity index (χ0) is 18.2. The van der Waals surface area contributed by atoms with E-state index in [-0.39, 0.29) is 30.1 Å². The van der Waals surface area contributed by atoms with E-state index in [1.807, 2.05) is 39.8 Å². The fraction of sp³-hybridized carbons (Fsp3) is 0.588. The fourth-order valence-electron chi connectivity index (χ4n) is 3.26. The van der Waals surface area contributed by atoms with Gasteiger partial charge < -0.3 is 9.31 Å². The highest BCUT2D eigenvalue weighted by Gasteiger charge is 2.59. The largest absolute Gasteiger partial charge is 0.461 e. The molecule has 1 saturated heterocycles. The van der Waals surface area contributed by atoms with Crippen LogP contribution in [0.25, 0.3) is 10.2 Å². The minimum absolute atomic E-state index is 0.244. The number of hydrogen-bond acceptors (Lipinski definition) is 4. The lowest BCUT2D eigenvalue weighted by atomic mass is 9.79. The summed E-state index contributed by atoms with van der Waals surface area (Å²) in [5.41, 5.74) is 0.695. The summed E-state index contributed by atoms with van der Waals surface area (Å²) in [4.78, 5) is 3.68. The van der Waals surface area contributed by atoms with Crippen LogP contribution in [0.3, 0.4) is 0 Å². The zero-order valence-electron chi connectivity index (χ0n) is 14.5. The second kappa shape index (κ2) is 5.21. The fourth-order valence-corrected chi connectivity index (χ4v) is 4.14. The maximum absolute atomic E-state index is 12.8. The van der Waals surface area contributed by atoms with E-state index >= 15 is 0 Å². The Bertz CT molecular complexity index is 817. The summed E-state index contributed by atoms with van der Waals surface area (Å²) in [7, 11) is -0.266. The van der Waals surface area contributed by atoms with Gasteiger partial charge in [-0.3, -0.25) is 0 Å². The number of thiazole rings is 1. The first kappa shape index (κ1) is 17.3. The van der Waals surface area contributed by atoms with Crippen LogP contribution < -0.4 is 0 Å². The van der Waals surface area contributed by atoms with Crippen LogP contribution in [0, 0.1) is 0 Å². The molecule has 3 nitrogen and oxygen atoms in total. The Morgan fingerprint density at radius 3 is 2.40 bits per heavy atom. The third kappa shape index (κ3) is 2.88. The van der Waals surface area contributed by atoms with Crippen LogP contribution in [0.1, 0.15) is 50.6 Å². The summed E-state index contributed by atoms with van der Waals surface area (Å²) in [6.45, 7) is 8.08. The van der Waals surface area contributed by atoms with E-state index in [0.717, 1.165) is 12.0 Å². The van der Waals surface area contributed by atoms with E-state index in [1.54, 1.807) is 6.07 Å². The standard InChI is InChI=1S/C17H19BF3NO2S/c1-15(2)16(3,4)24-18(23-15)11-8-10(11)9-5-6-12-13(7-9)25-14(22-12)17(19,20)21/h5-7,10-11H,8H2,1-4H3/t10-,11+/m1/s1. The van der Waals surface area contributed by atoms with Gasteiger partial charge in [-0.1, -0.05) is 6.07 Å². The lowest BCUT2D eigenvalue weighted by molar-refractivity contribution is -0.137. The quantitative estimate of drug-likeness (QED) is 0.677. The molecule has 0 radical (unpaired) electrons. The van der Waals surface area contributed by atoms with Crippen molar-refractivity contribution in [3.05, 3.63) is 28.8 Å². The van der Waals surface area contributed by atoms with E-state index in [4.69, 9.17) is 9.31 Å². The van der Waals surface area contributed by atoms with Gasteiger partial charge >= 0.3 is 13.3 Å². The summed E-state index contributed by atoms with van der Waals surface area (Å²) in [5, 5.41) is -0.794. The number of hydrogen-bond donors (Lipinski definition) is 0. The van der Waals surface area contributed by atoms with E-state index in [2.05, 4.69) is 4.98 Å². The number of aromatic nitrogens is 1. The van der Waals surface area contributed by atoms with Gasteiger partial charge in [-0.15, -0.1) is 11.3 Å². The molecule has 2 atom stereocenters. The molecule has 25 heavy (non-hydrogen) atoms. The Labute approximate surface area is 148 Å². The van der Waals surface area contributed by atoms with Crippen LogP contribution in [0.5, 0.6) is 0 Å². The first-order valence-corrected chi connectivity index (χ1v) is 9.13. The van der Waals surface area contributed by atoms with Gasteiger partial charge in [-0.25, -0.2) is 4.98 Å². The zero-order valence-corrected chi connectivity index (χ0v) is 15.3. The van der Waals surface area contributed by atoms with Gasteiger partial charge in [-0.2, -0.15) is 13.2 Å². The van der Waals surface area contributed by atoms with Crippen molar-refractivity contribution >= 4 is 28.7 Å². The highest BCUT2D eigenvalue weighted by atomic mass is 32.1. The van der Waals surface area contributed by atoms with Gasteiger partial charge in [0.1, 0.15) is 0 Å². The summed E-state index contributed by atoms with van der Waals surface area (Å²) in [6.07, 6.45) is -3.47. The molecule has 0 bridgehead atoms. The van der Waals surface area contributed by atoms with E-state index in [9.17, 15) is 13.2 Å². The summed E-state index contributed by atoms with van der Waals surface area (Å²) in [6, 6.07) is 5.38. The van der Waals surface area contributed by atoms with Gasteiger partial charge in [0.15, 0.2) is 5.01 Å². The molecule has 0 amide bonds. The monoisotopic (exact) mass is 369 g/mol. The third-order valence-electron chi connectivity index (χ3n) is 5.54. The SMILES string of the molecule is CC1(C)OB([C@H]2C[C@@H]2c2ccc3nc(C(F)(F)F)sc3c2)OC1(C)C. The number of rotatable bonds is 2. The molecule has 2 aromatic rings. The second-order valence-corrected chi connectivity index (χ2v) is 8.91. The number of benzene rings is 1. The van der Waals surface area contributed by atoms with Crippen LogP contribution in [0.2, 0.25) is 5.82 Å². The molecule has 2 fully saturated rings. The van der Waals surface area contributed by atoms with E-state index in [0.29, 0.717) is 21.6 Å². The highest BCUT2D eigenvalue weighted by Crippen LogP contribution is 2.58. The van der Waals surface area contributed by atoms with E-state index in [1.165, 1.54) is 0 Å². The molecule has 1 saturated carbocycles. The van der Waals surface area contributed by atoms with Crippen molar-refractivity contribution in [1.29, 1.82) is 0 Å². The Kier molecular flexibility index (Phi) is 3.60. The molecule has 1 aromatic carbocycles. The normalized spacial score (nSPS) is 27.9. The van der Waals surface area contributed by atoms with Crippen LogP contribution in [-0.2, 0) is 15.5 Å². The molecule has 2 aliphatic rings. The van der Waals surface area contributed by atoms with Crippen molar-refractivity contribution in [2.45, 2.75) is 63.2 Å². The van der Waals surface area contributed by atoms with E-state index < -0.39 is 11.2 Å². The van der Waals surface area contributed by atoms with Gasteiger partial charge in [-0.05, 0) is 57.7 Å². The minimum atomic E-state index is -4.39. The van der Waals surface area contributed by atoms with Crippen LogP contribution in [0.4, 0.5) is 13.2 Å². The number of fused-ring (bicyclic) bond motifs is 1. The summed E-state index contributed by atoms with van der Waals surface area (Å²) < 4.78 is 51.2. The molecule has 8 heteroatoms. The maximum atomic E-state index is 12.8. The van der Waals surface area contributed by atoms with Gasteiger partial charge in [0.25, 0.3) is 0 Å². The van der Waals surface area contributed by atoms with Crippen molar-refractivity contribution in [2.24, 2.45) is 0 Å². The predicted molar refractivity (Wildman–Crippen MR) is 91.8 cm³/mol. The molecule has 2 heterocycles. The molecular weight excluding hydrogens is 350 g/mol. The molecular formula is C17H19BF3NO2S. The van der Waals surface area contributed by atoms with Crippen molar-refractivity contribution in [3.8, 4) is 0 Å². The number of alkyl halides is 3. The van der Waals surface area contributed by atoms with Crippen molar-refractivity contribution < 1.29 is 22.5 Å². The van der Waals surface area contributed by atoms with Gasteiger partial charge in [0.05, 0.1) is 21.4 Å². The molecule has 0 unspecified atom stereocenters. The lowest BCUT2D eigenvalue weighted by Crippen LogP contribution is -2.41. The smallest absolute Gasteiger partial charge is 0.403 e. The Morgan fingerprint density at radius 2 is 1.80 bits per heavy atom. The molecule has 0 N–H and O–H groups in total. The van der Waals surface area contributed by atoms with Crippen LogP contribution >= 0.6 is 11.3 Å². The van der Waals surface area contributed by atoms with Crippen LogP contribution in [0.15, 0.2) is 18.2 Å². The Morgan fingerprint density at radius 1 is 1.16 bits per heavy atom. The average Bonchev–Trinajstić information content (AvgIpc) is 3.09. The van der Waals surface area contributed by atoms with Crippen LogP contribution in [-0.4, -0.2) is 23.3 Å². The second-order valence-electron chi connectivity index (χ2n) is 7.87. The first-order chi connectivity index (χ1) is 11.5. The predicted octanol–water partition coefficient (Wildman–Crippen LogP) is 5.26. The number of halogens is 3. The van der Waals surface area contributed by atoms with Gasteiger partial charge in [0.2, 0.25) is 0 Å². The molecule has 1 aliphatic carbocycles. The molecule has 0 spiro atoms. The number of nitrogens with zero attached hydrogens (tertiary/aromatic N) is 1. The lowest BCUT2D eigenvalue weighted by Gasteiger charge is -2.32. The molecule has 4 rings (SSSR count). The first-order valence-electron chi connectivity index (χ1n) is 8.31. The maximum Gasteiger partial charge on any atom is 0.461 e. The highest BCUT2D eigenvalue weighted by molar-refractivity contribution is 7.18. The Hall–Kier alpha value is -1.12. The summed E-state index contributed by atoms with van der Waals surface area (Å²) in [5.74, 6) is 0.504. The van der Waals surface area contributed by atoms with Crippen molar-refractivity contribution in [2.75, 3.05) is 0 Å². The van der Waals surface area contributed by atoms with Crippen molar-refractivity contribution in [1.82, 2.24) is 4.98 Å². The topological polar surface area (TPSA) is 31.4 Å². The summed E-state index contributed by atoms with van der Waals surface area (Å²) >= 11 is 0.698. The molecule has 1 aliphatic heterocycles.